The van der Waals surface area contributed by atoms with Crippen LogP contribution in [0.25, 0.3) is 10.9 Å². The van der Waals surface area contributed by atoms with Crippen LogP contribution in [0.2, 0.25) is 0 Å². The van der Waals surface area contributed by atoms with Gasteiger partial charge in [0, 0.05) is 48.9 Å². The number of nitrogens with one attached hydrogen (secondary N) is 1. The van der Waals surface area contributed by atoms with Crippen molar-refractivity contribution in [3.8, 4) is 0 Å². The Bertz CT molecular complexity index is 1110. The van der Waals surface area contributed by atoms with Crippen LogP contribution in [0.4, 0.5) is 11.4 Å². The van der Waals surface area contributed by atoms with E-state index in [1.165, 1.54) is 12.8 Å². The molecule has 0 unspecified atom stereocenters. The summed E-state index contributed by atoms with van der Waals surface area (Å²) in [5.41, 5.74) is 5.20. The van der Waals surface area contributed by atoms with Gasteiger partial charge in [0.25, 0.3) is 0 Å². The number of carbonyl (C=O) groups is 2. The molecule has 1 aliphatic carbocycles. The Morgan fingerprint density at radius 3 is 1.74 bits per heavy atom. The zero-order valence-corrected chi connectivity index (χ0v) is 17.7. The molecule has 31 heavy (non-hydrogen) atoms. The van der Waals surface area contributed by atoms with Crippen LogP contribution in [0.3, 0.4) is 0 Å². The molecule has 2 fully saturated rings. The average Bonchev–Trinajstić information content (AvgIpc) is 3.31. The van der Waals surface area contributed by atoms with Crippen LogP contribution in [-0.2, 0) is 0 Å². The molecule has 0 radical (unpaired) electrons. The fourth-order valence-electron chi connectivity index (χ4n) is 5.73. The summed E-state index contributed by atoms with van der Waals surface area (Å²) in [6.07, 6.45) is 8.86. The van der Waals surface area contributed by atoms with E-state index < -0.39 is 0 Å². The summed E-state index contributed by atoms with van der Waals surface area (Å²) in [4.78, 5) is 35.9. The van der Waals surface area contributed by atoms with E-state index in [2.05, 4.69) is 20.9 Å². The van der Waals surface area contributed by atoms with Crippen LogP contribution < -0.4 is 9.80 Å². The lowest BCUT2D eigenvalue weighted by Crippen LogP contribution is -2.36. The second-order valence-electron chi connectivity index (χ2n) is 9.01. The van der Waals surface area contributed by atoms with Gasteiger partial charge < -0.3 is 14.8 Å². The number of H-pyrrole nitrogens is 1. The van der Waals surface area contributed by atoms with Crippen LogP contribution in [-0.4, -0.2) is 42.7 Å². The zero-order chi connectivity index (χ0) is 20.9. The molecule has 0 bridgehead atoms. The maximum atomic E-state index is 13.9. The van der Waals surface area contributed by atoms with E-state index in [0.29, 0.717) is 22.3 Å². The van der Waals surface area contributed by atoms with Crippen molar-refractivity contribution in [3.05, 3.63) is 58.8 Å². The standard InChI is InChI=1S/C26H27N3O2/c30-25-17-9-3-4-10-18(17)26(31)21-20(25)23(28-13-5-1-6-14-28)19-11-12-27-22(19)24(21)29-15-7-2-8-16-29/h3-4,9-12,27H,1-2,5-8,13-16H2. The highest BCUT2D eigenvalue weighted by Gasteiger charge is 2.38. The van der Waals surface area contributed by atoms with Crippen molar-refractivity contribution in [2.24, 2.45) is 0 Å². The van der Waals surface area contributed by atoms with Crippen molar-refractivity contribution in [2.45, 2.75) is 38.5 Å². The van der Waals surface area contributed by atoms with Gasteiger partial charge in [-0.25, -0.2) is 0 Å². The van der Waals surface area contributed by atoms with Gasteiger partial charge in [0.05, 0.1) is 28.0 Å². The second kappa shape index (κ2) is 7.26. The molecule has 0 saturated carbocycles. The monoisotopic (exact) mass is 413 g/mol. The third-order valence-electron chi connectivity index (χ3n) is 7.18. The van der Waals surface area contributed by atoms with Crippen molar-refractivity contribution in [1.29, 1.82) is 0 Å². The van der Waals surface area contributed by atoms with Gasteiger partial charge in [0.2, 0.25) is 0 Å². The number of hydrogen-bond acceptors (Lipinski definition) is 4. The van der Waals surface area contributed by atoms with E-state index in [-0.39, 0.29) is 11.6 Å². The van der Waals surface area contributed by atoms with E-state index in [1.54, 1.807) is 12.1 Å². The lowest BCUT2D eigenvalue weighted by Gasteiger charge is -2.37. The zero-order valence-electron chi connectivity index (χ0n) is 17.7. The van der Waals surface area contributed by atoms with Crippen LogP contribution in [0, 0.1) is 0 Å². The number of aromatic amines is 1. The minimum atomic E-state index is -0.0134. The first-order valence-electron chi connectivity index (χ1n) is 11.6. The third-order valence-corrected chi connectivity index (χ3v) is 7.18. The molecule has 1 N–H and O–H groups in total. The third kappa shape index (κ3) is 2.75. The molecule has 5 heteroatoms. The Hall–Kier alpha value is -3.08. The van der Waals surface area contributed by atoms with Crippen LogP contribution in [0.1, 0.15) is 70.4 Å². The number of anilines is 2. The summed E-state index contributed by atoms with van der Waals surface area (Å²) >= 11 is 0. The Morgan fingerprint density at radius 2 is 1.16 bits per heavy atom. The first-order valence-corrected chi connectivity index (χ1v) is 11.6. The predicted octanol–water partition coefficient (Wildman–Crippen LogP) is 4.92. The number of benzene rings is 2. The molecule has 1 aromatic heterocycles. The van der Waals surface area contributed by atoms with E-state index in [0.717, 1.165) is 74.1 Å². The smallest absolute Gasteiger partial charge is 0.196 e. The van der Waals surface area contributed by atoms with Gasteiger partial charge in [-0.15, -0.1) is 0 Å². The number of hydrogen-bond donors (Lipinski definition) is 1. The molecule has 3 heterocycles. The summed E-state index contributed by atoms with van der Waals surface area (Å²) < 4.78 is 0. The lowest BCUT2D eigenvalue weighted by molar-refractivity contribution is 0.0980. The number of piperidine rings is 2. The molecule has 5 nitrogen and oxygen atoms in total. The van der Waals surface area contributed by atoms with Gasteiger partial charge in [-0.3, -0.25) is 9.59 Å². The van der Waals surface area contributed by atoms with Crippen LogP contribution in [0.5, 0.6) is 0 Å². The number of rotatable bonds is 2. The van der Waals surface area contributed by atoms with Crippen molar-refractivity contribution in [1.82, 2.24) is 4.98 Å². The maximum Gasteiger partial charge on any atom is 0.196 e. The molecule has 3 aliphatic rings. The Balaban J connectivity index is 1.69. The van der Waals surface area contributed by atoms with E-state index in [9.17, 15) is 9.59 Å². The fraction of sp³-hybridized carbons (Fsp3) is 0.385. The molecular formula is C26H27N3O2. The molecule has 0 amide bonds. The highest BCUT2D eigenvalue weighted by Crippen LogP contribution is 2.46. The Kier molecular flexibility index (Phi) is 4.37. The summed E-state index contributed by atoms with van der Waals surface area (Å²) in [7, 11) is 0. The van der Waals surface area contributed by atoms with Gasteiger partial charge in [-0.05, 0) is 44.6 Å². The summed E-state index contributed by atoms with van der Waals surface area (Å²) in [5, 5.41) is 1.07. The lowest BCUT2D eigenvalue weighted by atomic mass is 9.80. The molecule has 2 aromatic carbocycles. The van der Waals surface area contributed by atoms with Crippen molar-refractivity contribution >= 4 is 33.8 Å². The van der Waals surface area contributed by atoms with E-state index >= 15 is 0 Å². The van der Waals surface area contributed by atoms with Crippen molar-refractivity contribution in [3.63, 3.8) is 0 Å². The predicted molar refractivity (Wildman–Crippen MR) is 124 cm³/mol. The van der Waals surface area contributed by atoms with Crippen LogP contribution >= 0.6 is 0 Å². The molecular weight excluding hydrogens is 386 g/mol. The normalized spacial score (nSPS) is 19.0. The number of ketones is 2. The number of carbonyl (C=O) groups excluding carboxylic acids is 2. The van der Waals surface area contributed by atoms with Crippen LogP contribution in [0.15, 0.2) is 36.5 Å². The first kappa shape index (κ1) is 18.7. The van der Waals surface area contributed by atoms with E-state index in [4.69, 9.17) is 0 Å². The molecule has 158 valence electrons. The van der Waals surface area contributed by atoms with Gasteiger partial charge in [0.15, 0.2) is 11.6 Å². The van der Waals surface area contributed by atoms with Crippen molar-refractivity contribution in [2.75, 3.05) is 36.0 Å². The van der Waals surface area contributed by atoms with Gasteiger partial charge in [-0.2, -0.15) is 0 Å². The molecule has 0 spiro atoms. The molecule has 2 aliphatic heterocycles. The number of nitrogens with zero attached hydrogens (tertiary/aromatic N) is 2. The minimum absolute atomic E-state index is 0.00728. The number of aromatic nitrogens is 1. The highest BCUT2D eigenvalue weighted by atomic mass is 16.1. The highest BCUT2D eigenvalue weighted by molar-refractivity contribution is 6.35. The van der Waals surface area contributed by atoms with Gasteiger partial charge in [-0.1, -0.05) is 24.3 Å². The van der Waals surface area contributed by atoms with Gasteiger partial charge >= 0.3 is 0 Å². The second-order valence-corrected chi connectivity index (χ2v) is 9.01. The molecule has 6 rings (SSSR count). The maximum absolute atomic E-state index is 13.9. The SMILES string of the molecule is O=C1c2ccccc2C(=O)c2c1c(N1CCCCC1)c1cc[nH]c1c2N1CCCCC1. The molecule has 3 aromatic rings. The fourth-order valence-corrected chi connectivity index (χ4v) is 5.73. The minimum Gasteiger partial charge on any atom is -0.370 e. The van der Waals surface area contributed by atoms with Crippen molar-refractivity contribution < 1.29 is 9.59 Å². The molecule has 0 atom stereocenters. The summed E-state index contributed by atoms with van der Waals surface area (Å²) in [6, 6.07) is 9.41. The molecule has 2 saturated heterocycles. The topological polar surface area (TPSA) is 56.4 Å². The largest absolute Gasteiger partial charge is 0.370 e. The summed E-state index contributed by atoms with van der Waals surface area (Å²) in [6.45, 7) is 3.71. The van der Waals surface area contributed by atoms with E-state index in [1.807, 2.05) is 18.3 Å². The first-order chi connectivity index (χ1) is 15.3. The Morgan fingerprint density at radius 1 is 0.645 bits per heavy atom. The number of fused-ring (bicyclic) bond motifs is 3. The quantitative estimate of drug-likeness (QED) is 0.507. The average molecular weight is 414 g/mol. The summed E-state index contributed by atoms with van der Waals surface area (Å²) in [5.74, 6) is -0.0207. The van der Waals surface area contributed by atoms with Gasteiger partial charge in [0.1, 0.15) is 0 Å². The Labute approximate surface area is 182 Å².